The largest absolute Gasteiger partial charge is 0.333 e. The van der Waals surface area contributed by atoms with Gasteiger partial charge in [-0.25, -0.2) is 8.42 Å². The maximum absolute atomic E-state index is 13.0. The van der Waals surface area contributed by atoms with Crippen LogP contribution >= 0.6 is 11.6 Å². The van der Waals surface area contributed by atoms with E-state index in [0.717, 1.165) is 12.8 Å². The zero-order valence-corrected chi connectivity index (χ0v) is 15.8. The van der Waals surface area contributed by atoms with Gasteiger partial charge in [0.25, 0.3) is 5.91 Å². The van der Waals surface area contributed by atoms with E-state index < -0.39 is 15.1 Å². The second-order valence-electron chi connectivity index (χ2n) is 7.03. The van der Waals surface area contributed by atoms with Crippen LogP contribution in [-0.2, 0) is 9.84 Å². The molecule has 26 heavy (non-hydrogen) atoms. The Morgan fingerprint density at radius 2 is 1.50 bits per heavy atom. The highest BCUT2D eigenvalue weighted by Crippen LogP contribution is 2.41. The standard InChI is InChI=1S/C20H20ClNO3S/c21-19-9-5-4-8-18(19)20(23)22-14-10-11-15(22)13-17(12-14)26(24,25)16-6-2-1-3-7-16/h1-9,14-15,17H,10-13H2. The summed E-state index contributed by atoms with van der Waals surface area (Å²) in [5.74, 6) is -0.0846. The molecule has 2 unspecified atom stereocenters. The summed E-state index contributed by atoms with van der Waals surface area (Å²) in [6.45, 7) is 0. The SMILES string of the molecule is O=C(c1ccccc1Cl)N1C2CCC1CC(S(=O)(=O)c1ccccc1)C2. The minimum absolute atomic E-state index is 0.0407. The van der Waals surface area contributed by atoms with Gasteiger partial charge in [0, 0.05) is 12.1 Å². The van der Waals surface area contributed by atoms with Crippen LogP contribution in [0.1, 0.15) is 36.0 Å². The first-order valence-corrected chi connectivity index (χ1v) is 10.8. The summed E-state index contributed by atoms with van der Waals surface area (Å²) in [5.41, 5.74) is 0.496. The van der Waals surface area contributed by atoms with Gasteiger partial charge in [-0.1, -0.05) is 41.9 Å². The molecule has 0 N–H and O–H groups in total. The van der Waals surface area contributed by atoms with Crippen LogP contribution in [0, 0.1) is 0 Å². The molecule has 2 fully saturated rings. The van der Waals surface area contributed by atoms with Crippen molar-refractivity contribution in [2.45, 2.75) is 47.9 Å². The third-order valence-corrected chi connectivity index (χ3v) is 8.06. The fourth-order valence-corrected chi connectivity index (χ4v) is 6.38. The van der Waals surface area contributed by atoms with E-state index in [0.29, 0.717) is 28.3 Å². The maximum Gasteiger partial charge on any atom is 0.255 e. The average molecular weight is 390 g/mol. The predicted molar refractivity (Wildman–Crippen MR) is 101 cm³/mol. The van der Waals surface area contributed by atoms with E-state index in [-0.39, 0.29) is 18.0 Å². The van der Waals surface area contributed by atoms with Crippen molar-refractivity contribution in [2.24, 2.45) is 0 Å². The molecule has 4 nitrogen and oxygen atoms in total. The minimum atomic E-state index is -3.37. The second-order valence-corrected chi connectivity index (χ2v) is 9.66. The normalized spacial score (nSPS) is 25.3. The van der Waals surface area contributed by atoms with Crippen molar-refractivity contribution in [2.75, 3.05) is 0 Å². The summed E-state index contributed by atoms with van der Waals surface area (Å²) < 4.78 is 26.0. The number of rotatable bonds is 3. The molecule has 0 aliphatic carbocycles. The van der Waals surface area contributed by atoms with E-state index in [1.54, 1.807) is 48.5 Å². The Labute approximate surface area is 158 Å². The Balaban J connectivity index is 1.59. The van der Waals surface area contributed by atoms with Gasteiger partial charge in [-0.05, 0) is 49.9 Å². The van der Waals surface area contributed by atoms with E-state index in [1.165, 1.54) is 0 Å². The Morgan fingerprint density at radius 1 is 0.923 bits per heavy atom. The van der Waals surface area contributed by atoms with Crippen LogP contribution in [0.5, 0.6) is 0 Å². The molecule has 2 aromatic carbocycles. The number of amides is 1. The molecule has 0 saturated carbocycles. The smallest absolute Gasteiger partial charge is 0.255 e. The molecule has 2 bridgehead atoms. The first-order valence-electron chi connectivity index (χ1n) is 8.84. The highest BCUT2D eigenvalue weighted by Gasteiger charge is 2.47. The van der Waals surface area contributed by atoms with Gasteiger partial charge in [0.1, 0.15) is 0 Å². The monoisotopic (exact) mass is 389 g/mol. The lowest BCUT2D eigenvalue weighted by molar-refractivity contribution is 0.0598. The van der Waals surface area contributed by atoms with E-state index >= 15 is 0 Å². The molecule has 136 valence electrons. The van der Waals surface area contributed by atoms with Crippen molar-refractivity contribution in [3.05, 3.63) is 65.2 Å². The fraction of sp³-hybridized carbons (Fsp3) is 0.350. The van der Waals surface area contributed by atoms with Crippen molar-refractivity contribution in [3.8, 4) is 0 Å². The lowest BCUT2D eigenvalue weighted by Gasteiger charge is -2.38. The number of halogens is 1. The van der Waals surface area contributed by atoms with Crippen LogP contribution in [0.3, 0.4) is 0 Å². The maximum atomic E-state index is 13.0. The van der Waals surface area contributed by atoms with Crippen molar-refractivity contribution in [1.82, 2.24) is 4.90 Å². The Morgan fingerprint density at radius 3 is 2.12 bits per heavy atom. The molecule has 2 atom stereocenters. The van der Waals surface area contributed by atoms with Gasteiger partial charge in [-0.3, -0.25) is 4.79 Å². The Bertz CT molecular complexity index is 915. The molecular formula is C20H20ClNO3S. The van der Waals surface area contributed by atoms with Crippen LogP contribution in [0.25, 0.3) is 0 Å². The summed E-state index contributed by atoms with van der Waals surface area (Å²) in [4.78, 5) is 15.2. The number of carbonyl (C=O) groups excluding carboxylic acids is 1. The number of piperidine rings is 1. The van der Waals surface area contributed by atoms with Gasteiger partial charge >= 0.3 is 0 Å². The molecule has 0 spiro atoms. The lowest BCUT2D eigenvalue weighted by Crippen LogP contribution is -2.49. The zero-order valence-electron chi connectivity index (χ0n) is 14.2. The van der Waals surface area contributed by atoms with Crippen LogP contribution < -0.4 is 0 Å². The van der Waals surface area contributed by atoms with Gasteiger partial charge in [0.15, 0.2) is 9.84 Å². The van der Waals surface area contributed by atoms with Crippen molar-refractivity contribution < 1.29 is 13.2 Å². The molecular weight excluding hydrogens is 370 g/mol. The number of carbonyl (C=O) groups is 1. The van der Waals surface area contributed by atoms with Crippen LogP contribution in [-0.4, -0.2) is 36.6 Å². The number of hydrogen-bond donors (Lipinski definition) is 0. The highest BCUT2D eigenvalue weighted by atomic mass is 35.5. The summed E-state index contributed by atoms with van der Waals surface area (Å²) in [6.07, 6.45) is 2.68. The highest BCUT2D eigenvalue weighted by molar-refractivity contribution is 7.92. The molecule has 1 amide bonds. The first kappa shape index (κ1) is 17.6. The number of fused-ring (bicyclic) bond motifs is 2. The van der Waals surface area contributed by atoms with E-state index in [1.807, 2.05) is 11.0 Å². The molecule has 4 rings (SSSR count). The third-order valence-electron chi connectivity index (χ3n) is 5.54. The topological polar surface area (TPSA) is 54.5 Å². The van der Waals surface area contributed by atoms with E-state index in [9.17, 15) is 13.2 Å². The van der Waals surface area contributed by atoms with Crippen molar-refractivity contribution in [3.63, 3.8) is 0 Å². The molecule has 2 saturated heterocycles. The van der Waals surface area contributed by atoms with Crippen LogP contribution in [0.4, 0.5) is 0 Å². The Hall–Kier alpha value is -1.85. The second kappa shape index (κ2) is 6.71. The Kier molecular flexibility index (Phi) is 4.53. The van der Waals surface area contributed by atoms with Crippen LogP contribution in [0.15, 0.2) is 59.5 Å². The predicted octanol–water partition coefficient (Wildman–Crippen LogP) is 3.95. The third kappa shape index (κ3) is 2.93. The van der Waals surface area contributed by atoms with E-state index in [4.69, 9.17) is 11.6 Å². The quantitative estimate of drug-likeness (QED) is 0.798. The van der Waals surface area contributed by atoms with Gasteiger partial charge in [-0.15, -0.1) is 0 Å². The summed E-state index contributed by atoms with van der Waals surface area (Å²) >= 11 is 6.19. The molecule has 2 aliphatic heterocycles. The molecule has 2 aromatic rings. The number of benzene rings is 2. The molecule has 2 aliphatic rings. The zero-order chi connectivity index (χ0) is 18.3. The first-order chi connectivity index (χ1) is 12.5. The van der Waals surface area contributed by atoms with Crippen molar-refractivity contribution in [1.29, 1.82) is 0 Å². The van der Waals surface area contributed by atoms with Crippen molar-refractivity contribution >= 4 is 27.3 Å². The van der Waals surface area contributed by atoms with Gasteiger partial charge < -0.3 is 4.90 Å². The summed E-state index contributed by atoms with van der Waals surface area (Å²) in [6, 6.07) is 15.6. The average Bonchev–Trinajstić information content (AvgIpc) is 2.91. The number of sulfone groups is 1. The molecule has 6 heteroatoms. The van der Waals surface area contributed by atoms with Crippen LogP contribution in [0.2, 0.25) is 5.02 Å². The number of nitrogens with zero attached hydrogens (tertiary/aromatic N) is 1. The summed E-state index contributed by atoms with van der Waals surface area (Å²) in [7, 11) is -3.37. The molecule has 0 aromatic heterocycles. The lowest BCUT2D eigenvalue weighted by atomic mass is 10.0. The fourth-order valence-electron chi connectivity index (χ4n) is 4.29. The van der Waals surface area contributed by atoms with Gasteiger partial charge in [0.05, 0.1) is 20.7 Å². The molecule has 0 radical (unpaired) electrons. The number of hydrogen-bond acceptors (Lipinski definition) is 3. The van der Waals surface area contributed by atoms with Gasteiger partial charge in [0.2, 0.25) is 0 Å². The summed E-state index contributed by atoms with van der Waals surface area (Å²) in [5, 5.41) is 0.00799. The van der Waals surface area contributed by atoms with E-state index in [2.05, 4.69) is 0 Å². The van der Waals surface area contributed by atoms with Gasteiger partial charge in [-0.2, -0.15) is 0 Å². The minimum Gasteiger partial charge on any atom is -0.333 e. The molecule has 2 heterocycles.